The predicted molar refractivity (Wildman–Crippen MR) is 64.1 cm³/mol. The summed E-state index contributed by atoms with van der Waals surface area (Å²) in [6, 6.07) is 0.672. The largest absolute Gasteiger partial charge is 0.390 e. The number of likely N-dealkylation sites (tertiary alicyclic amines) is 1. The summed E-state index contributed by atoms with van der Waals surface area (Å²) in [7, 11) is 4.37. The zero-order valence-electron chi connectivity index (χ0n) is 10.7. The molecule has 1 heterocycles. The van der Waals surface area contributed by atoms with Crippen molar-refractivity contribution in [3.63, 3.8) is 0 Å². The lowest BCUT2D eigenvalue weighted by Gasteiger charge is -2.36. The number of likely N-dealkylation sites (N-methyl/N-ethyl adjacent to an activating group) is 2. The van der Waals surface area contributed by atoms with E-state index in [9.17, 15) is 5.11 Å². The van der Waals surface area contributed by atoms with Crippen molar-refractivity contribution in [2.24, 2.45) is 0 Å². The molecule has 1 saturated heterocycles. The Labute approximate surface area is 94.1 Å². The van der Waals surface area contributed by atoms with Gasteiger partial charge in [-0.05, 0) is 53.8 Å². The lowest BCUT2D eigenvalue weighted by Crippen LogP contribution is -2.46. The number of hydrogen-bond acceptors (Lipinski definition) is 3. The lowest BCUT2D eigenvalue weighted by molar-refractivity contribution is 0.0482. The third-order valence-electron chi connectivity index (χ3n) is 3.30. The van der Waals surface area contributed by atoms with Crippen LogP contribution in [-0.2, 0) is 0 Å². The number of piperidine rings is 1. The minimum absolute atomic E-state index is 0.533. The molecule has 1 rings (SSSR count). The zero-order chi connectivity index (χ0) is 11.5. The van der Waals surface area contributed by atoms with Gasteiger partial charge in [-0.25, -0.2) is 0 Å². The average Bonchev–Trinajstić information content (AvgIpc) is 2.13. The number of nitrogens with zero attached hydrogens (tertiary/aromatic N) is 2. The summed E-state index contributed by atoms with van der Waals surface area (Å²) in [6.45, 7) is 7.15. The molecule has 3 heteroatoms. The molecule has 0 radical (unpaired) electrons. The molecule has 1 aliphatic heterocycles. The van der Waals surface area contributed by atoms with Crippen LogP contribution < -0.4 is 0 Å². The Morgan fingerprint density at radius 3 is 2.67 bits per heavy atom. The minimum Gasteiger partial charge on any atom is -0.390 e. The predicted octanol–water partition coefficient (Wildman–Crippen LogP) is 1.17. The third-order valence-corrected chi connectivity index (χ3v) is 3.30. The Morgan fingerprint density at radius 2 is 2.13 bits per heavy atom. The first-order valence-corrected chi connectivity index (χ1v) is 5.99. The zero-order valence-corrected chi connectivity index (χ0v) is 10.7. The van der Waals surface area contributed by atoms with Crippen molar-refractivity contribution in [2.75, 3.05) is 33.7 Å². The fourth-order valence-electron chi connectivity index (χ4n) is 2.13. The van der Waals surface area contributed by atoms with Crippen LogP contribution in [-0.4, -0.2) is 60.3 Å². The van der Waals surface area contributed by atoms with Crippen LogP contribution in [0.4, 0.5) is 0 Å². The van der Waals surface area contributed by atoms with Crippen LogP contribution >= 0.6 is 0 Å². The topological polar surface area (TPSA) is 26.7 Å². The summed E-state index contributed by atoms with van der Waals surface area (Å²) < 4.78 is 0. The smallest absolute Gasteiger partial charge is 0.0603 e. The molecule has 3 nitrogen and oxygen atoms in total. The molecule has 1 unspecified atom stereocenters. The standard InChI is InChI=1S/C12H26N2O/c1-12(2,15)7-9-14(4)11-6-5-8-13(3)10-11/h11,15H,5-10H2,1-4H3. The third kappa shape index (κ3) is 4.96. The second kappa shape index (κ2) is 5.28. The molecule has 1 aliphatic rings. The number of rotatable bonds is 4. The van der Waals surface area contributed by atoms with Gasteiger partial charge in [0.25, 0.3) is 0 Å². The summed E-state index contributed by atoms with van der Waals surface area (Å²) in [5.41, 5.74) is -0.533. The summed E-state index contributed by atoms with van der Waals surface area (Å²) in [5.74, 6) is 0. The second-order valence-corrected chi connectivity index (χ2v) is 5.60. The lowest BCUT2D eigenvalue weighted by atomic mass is 10.0. The van der Waals surface area contributed by atoms with Gasteiger partial charge in [0.05, 0.1) is 5.60 Å². The van der Waals surface area contributed by atoms with E-state index in [4.69, 9.17) is 0 Å². The summed E-state index contributed by atoms with van der Waals surface area (Å²) >= 11 is 0. The van der Waals surface area contributed by atoms with Gasteiger partial charge in [0.2, 0.25) is 0 Å². The van der Waals surface area contributed by atoms with Crippen molar-refractivity contribution < 1.29 is 5.11 Å². The fourth-order valence-corrected chi connectivity index (χ4v) is 2.13. The van der Waals surface area contributed by atoms with Crippen molar-refractivity contribution in [3.05, 3.63) is 0 Å². The molecule has 90 valence electrons. The van der Waals surface area contributed by atoms with E-state index in [0.29, 0.717) is 6.04 Å². The summed E-state index contributed by atoms with van der Waals surface area (Å²) in [6.07, 6.45) is 3.45. The van der Waals surface area contributed by atoms with Crippen LogP contribution in [0.1, 0.15) is 33.1 Å². The number of aliphatic hydroxyl groups is 1. The van der Waals surface area contributed by atoms with E-state index >= 15 is 0 Å². The molecule has 0 amide bonds. The SMILES string of the molecule is CN1CCCC(N(C)CCC(C)(C)O)C1. The van der Waals surface area contributed by atoms with E-state index in [1.165, 1.54) is 25.9 Å². The van der Waals surface area contributed by atoms with Gasteiger partial charge in [0.1, 0.15) is 0 Å². The van der Waals surface area contributed by atoms with Gasteiger partial charge >= 0.3 is 0 Å². The van der Waals surface area contributed by atoms with Gasteiger partial charge in [0.15, 0.2) is 0 Å². The first-order valence-electron chi connectivity index (χ1n) is 5.99. The molecular formula is C12H26N2O. The highest BCUT2D eigenvalue weighted by Gasteiger charge is 2.22. The molecule has 0 aromatic rings. The van der Waals surface area contributed by atoms with Gasteiger partial charge in [-0.3, -0.25) is 0 Å². The molecule has 0 spiro atoms. The molecule has 0 bridgehead atoms. The molecule has 1 fully saturated rings. The van der Waals surface area contributed by atoms with Gasteiger partial charge in [-0.2, -0.15) is 0 Å². The Morgan fingerprint density at radius 1 is 1.47 bits per heavy atom. The molecule has 15 heavy (non-hydrogen) atoms. The Bertz CT molecular complexity index is 189. The maximum absolute atomic E-state index is 9.68. The monoisotopic (exact) mass is 214 g/mol. The highest BCUT2D eigenvalue weighted by Crippen LogP contribution is 2.15. The average molecular weight is 214 g/mol. The van der Waals surface area contributed by atoms with Gasteiger partial charge < -0.3 is 14.9 Å². The summed E-state index contributed by atoms with van der Waals surface area (Å²) in [5, 5.41) is 9.68. The highest BCUT2D eigenvalue weighted by atomic mass is 16.3. The van der Waals surface area contributed by atoms with E-state index in [0.717, 1.165) is 13.0 Å². The normalized spacial score (nSPS) is 24.8. The molecule has 0 aliphatic carbocycles. The Hall–Kier alpha value is -0.120. The van der Waals surface area contributed by atoms with Crippen LogP contribution in [0.3, 0.4) is 0 Å². The minimum atomic E-state index is -0.533. The van der Waals surface area contributed by atoms with Gasteiger partial charge in [0, 0.05) is 19.1 Å². The molecule has 0 aromatic heterocycles. The fraction of sp³-hybridized carbons (Fsp3) is 1.00. The molecule has 0 saturated carbocycles. The van der Waals surface area contributed by atoms with E-state index in [2.05, 4.69) is 23.9 Å². The van der Waals surface area contributed by atoms with Crippen LogP contribution in [0.25, 0.3) is 0 Å². The van der Waals surface area contributed by atoms with Crippen LogP contribution in [0, 0.1) is 0 Å². The maximum atomic E-state index is 9.68. The number of hydrogen-bond donors (Lipinski definition) is 1. The highest BCUT2D eigenvalue weighted by molar-refractivity contribution is 4.79. The van der Waals surface area contributed by atoms with Crippen molar-refractivity contribution in [3.8, 4) is 0 Å². The molecule has 0 aromatic carbocycles. The first kappa shape index (κ1) is 12.9. The van der Waals surface area contributed by atoms with Crippen LogP contribution in [0.5, 0.6) is 0 Å². The van der Waals surface area contributed by atoms with Crippen molar-refractivity contribution in [1.82, 2.24) is 9.80 Å². The summed E-state index contributed by atoms with van der Waals surface area (Å²) in [4.78, 5) is 4.79. The van der Waals surface area contributed by atoms with Crippen molar-refractivity contribution in [2.45, 2.75) is 44.8 Å². The van der Waals surface area contributed by atoms with E-state index < -0.39 is 5.60 Å². The first-order chi connectivity index (χ1) is 6.88. The molecular weight excluding hydrogens is 188 g/mol. The van der Waals surface area contributed by atoms with Crippen LogP contribution in [0.15, 0.2) is 0 Å². The molecule has 1 N–H and O–H groups in total. The van der Waals surface area contributed by atoms with Crippen LogP contribution in [0.2, 0.25) is 0 Å². The quantitative estimate of drug-likeness (QED) is 0.761. The Balaban J connectivity index is 2.29. The molecule has 1 atom stereocenters. The van der Waals surface area contributed by atoms with Crippen molar-refractivity contribution in [1.29, 1.82) is 0 Å². The Kier molecular flexibility index (Phi) is 4.56. The van der Waals surface area contributed by atoms with E-state index in [1.807, 2.05) is 13.8 Å². The van der Waals surface area contributed by atoms with E-state index in [-0.39, 0.29) is 0 Å². The van der Waals surface area contributed by atoms with Gasteiger partial charge in [-0.1, -0.05) is 0 Å². The van der Waals surface area contributed by atoms with E-state index in [1.54, 1.807) is 0 Å². The maximum Gasteiger partial charge on any atom is 0.0603 e. The van der Waals surface area contributed by atoms with Crippen molar-refractivity contribution >= 4 is 0 Å². The van der Waals surface area contributed by atoms with Gasteiger partial charge in [-0.15, -0.1) is 0 Å². The second-order valence-electron chi connectivity index (χ2n) is 5.60.